The molecule has 5 nitrogen and oxygen atoms in total. The molecule has 0 saturated heterocycles. The molecule has 146 valence electrons. The number of anilines is 1. The van der Waals surface area contributed by atoms with Crippen LogP contribution in [0.4, 0.5) is 5.13 Å². The van der Waals surface area contributed by atoms with Crippen LogP contribution in [0.5, 0.6) is 0 Å². The topological polar surface area (TPSA) is 59.8 Å². The molecule has 0 aliphatic rings. The lowest BCUT2D eigenvalue weighted by Crippen LogP contribution is -2.13. The number of aromatic nitrogens is 3. The van der Waals surface area contributed by atoms with Crippen LogP contribution in [0.1, 0.15) is 16.1 Å². The molecule has 2 heterocycles. The monoisotopic (exact) mass is 440 g/mol. The van der Waals surface area contributed by atoms with Crippen LogP contribution >= 0.6 is 34.7 Å². The van der Waals surface area contributed by atoms with E-state index in [0.717, 1.165) is 16.9 Å². The van der Waals surface area contributed by atoms with E-state index in [1.165, 1.54) is 16.2 Å². The predicted octanol–water partition coefficient (Wildman–Crippen LogP) is 5.93. The van der Waals surface area contributed by atoms with Crippen LogP contribution in [0.15, 0.2) is 64.9 Å². The Labute approximate surface area is 181 Å². The predicted molar refractivity (Wildman–Crippen MR) is 121 cm³/mol. The van der Waals surface area contributed by atoms with Gasteiger partial charge in [0.15, 0.2) is 5.13 Å². The van der Waals surface area contributed by atoms with Gasteiger partial charge in [-0.15, -0.1) is 23.1 Å². The van der Waals surface area contributed by atoms with Gasteiger partial charge in [-0.2, -0.15) is 5.10 Å². The third-order valence-electron chi connectivity index (χ3n) is 4.34. The summed E-state index contributed by atoms with van der Waals surface area (Å²) in [4.78, 5) is 18.6. The molecular weight excluding hydrogens is 424 g/mol. The largest absolute Gasteiger partial charge is 0.298 e. The number of para-hydroxylation sites is 1. The summed E-state index contributed by atoms with van der Waals surface area (Å²) < 4.78 is 1.56. The van der Waals surface area contributed by atoms with Gasteiger partial charge in [0.05, 0.1) is 17.1 Å². The number of carbonyl (C=O) groups is 1. The lowest BCUT2D eigenvalue weighted by Gasteiger charge is -2.03. The van der Waals surface area contributed by atoms with Gasteiger partial charge in [-0.25, -0.2) is 9.67 Å². The maximum atomic E-state index is 12.8. The average molecular weight is 441 g/mol. The average Bonchev–Trinajstić information content (AvgIpc) is 3.32. The zero-order valence-electron chi connectivity index (χ0n) is 15.7. The van der Waals surface area contributed by atoms with Crippen molar-refractivity contribution in [2.45, 2.75) is 11.8 Å². The van der Waals surface area contributed by atoms with Crippen LogP contribution in [-0.4, -0.2) is 26.9 Å². The van der Waals surface area contributed by atoms with E-state index >= 15 is 0 Å². The van der Waals surface area contributed by atoms with Crippen LogP contribution in [0.25, 0.3) is 16.9 Å². The maximum Gasteiger partial charge on any atom is 0.262 e. The lowest BCUT2D eigenvalue weighted by molar-refractivity contribution is 0.102. The summed E-state index contributed by atoms with van der Waals surface area (Å²) in [5, 5.41) is 9.97. The highest BCUT2D eigenvalue weighted by molar-refractivity contribution is 7.98. The van der Waals surface area contributed by atoms with E-state index in [4.69, 9.17) is 11.6 Å². The summed E-state index contributed by atoms with van der Waals surface area (Å²) in [7, 11) is 0. The Bertz CT molecular complexity index is 1150. The SMILES string of the molecule is CSc1ccc(-c2csc(NC(=O)c3c(C)nn(-c4ccccc4)c3Cl)n2)cc1. The minimum absolute atomic E-state index is 0.274. The fourth-order valence-corrected chi connectivity index (χ4v) is 4.36. The van der Waals surface area contributed by atoms with Crippen molar-refractivity contribution in [3.63, 3.8) is 0 Å². The first-order valence-corrected chi connectivity index (χ1v) is 11.3. The molecule has 0 atom stereocenters. The van der Waals surface area contributed by atoms with Gasteiger partial charge >= 0.3 is 0 Å². The molecular formula is C21H17ClN4OS2. The smallest absolute Gasteiger partial charge is 0.262 e. The Kier molecular flexibility index (Phi) is 5.71. The van der Waals surface area contributed by atoms with E-state index in [0.29, 0.717) is 16.4 Å². The molecule has 1 amide bonds. The van der Waals surface area contributed by atoms with Gasteiger partial charge in [0.25, 0.3) is 5.91 Å². The highest BCUT2D eigenvalue weighted by Crippen LogP contribution is 2.28. The van der Waals surface area contributed by atoms with Crippen molar-refractivity contribution >= 4 is 45.7 Å². The Morgan fingerprint density at radius 1 is 1.14 bits per heavy atom. The number of amides is 1. The van der Waals surface area contributed by atoms with Crippen molar-refractivity contribution in [3.05, 3.63) is 76.4 Å². The normalized spacial score (nSPS) is 10.9. The van der Waals surface area contributed by atoms with Gasteiger partial charge in [-0.05, 0) is 37.4 Å². The Balaban J connectivity index is 1.56. The number of halogens is 1. The molecule has 8 heteroatoms. The maximum absolute atomic E-state index is 12.8. The van der Waals surface area contributed by atoms with Gasteiger partial charge in [0, 0.05) is 15.8 Å². The van der Waals surface area contributed by atoms with Gasteiger partial charge in [-0.1, -0.05) is 41.9 Å². The molecule has 2 aromatic heterocycles. The van der Waals surface area contributed by atoms with Crippen molar-refractivity contribution in [2.75, 3.05) is 11.6 Å². The minimum atomic E-state index is -0.326. The molecule has 2 aromatic carbocycles. The summed E-state index contributed by atoms with van der Waals surface area (Å²) >= 11 is 9.54. The van der Waals surface area contributed by atoms with Crippen LogP contribution in [0.3, 0.4) is 0 Å². The second-order valence-corrected chi connectivity index (χ2v) is 8.31. The van der Waals surface area contributed by atoms with E-state index in [2.05, 4.69) is 27.5 Å². The van der Waals surface area contributed by atoms with Gasteiger partial charge in [-0.3, -0.25) is 10.1 Å². The standard InChI is InChI=1S/C21H17ClN4OS2/c1-13-18(19(22)26(25-13)15-6-4-3-5-7-15)20(27)24-21-23-17(12-29-21)14-8-10-16(28-2)11-9-14/h3-12H,1-2H3,(H,23,24,27). The van der Waals surface area contributed by atoms with E-state index in [1.807, 2.05) is 54.1 Å². The zero-order chi connectivity index (χ0) is 20.4. The second kappa shape index (κ2) is 8.41. The molecule has 4 rings (SSSR count). The molecule has 0 aliphatic carbocycles. The second-order valence-electron chi connectivity index (χ2n) is 6.22. The number of benzene rings is 2. The van der Waals surface area contributed by atoms with E-state index in [-0.39, 0.29) is 11.1 Å². The molecule has 0 saturated carbocycles. The van der Waals surface area contributed by atoms with Gasteiger partial charge in [0.2, 0.25) is 0 Å². The summed E-state index contributed by atoms with van der Waals surface area (Å²) in [6, 6.07) is 17.6. The highest BCUT2D eigenvalue weighted by atomic mass is 35.5. The van der Waals surface area contributed by atoms with E-state index in [1.54, 1.807) is 23.4 Å². The molecule has 0 spiro atoms. The molecule has 0 unspecified atom stereocenters. The molecule has 0 bridgehead atoms. The number of hydrogen-bond acceptors (Lipinski definition) is 5. The first-order valence-electron chi connectivity index (χ1n) is 8.78. The number of carbonyl (C=O) groups excluding carboxylic acids is 1. The van der Waals surface area contributed by atoms with E-state index in [9.17, 15) is 4.79 Å². The summed E-state index contributed by atoms with van der Waals surface area (Å²) in [5.41, 5.74) is 3.52. The summed E-state index contributed by atoms with van der Waals surface area (Å²) in [6.07, 6.45) is 2.04. The van der Waals surface area contributed by atoms with Crippen molar-refractivity contribution in [1.82, 2.24) is 14.8 Å². The fourth-order valence-electron chi connectivity index (χ4n) is 2.88. The third kappa shape index (κ3) is 4.07. The fraction of sp³-hybridized carbons (Fsp3) is 0.0952. The number of thioether (sulfide) groups is 1. The van der Waals surface area contributed by atoms with Crippen LogP contribution in [-0.2, 0) is 0 Å². The Hall–Kier alpha value is -2.61. The summed E-state index contributed by atoms with van der Waals surface area (Å²) in [6.45, 7) is 1.76. The Morgan fingerprint density at radius 3 is 2.55 bits per heavy atom. The van der Waals surface area contributed by atoms with Crippen molar-refractivity contribution in [1.29, 1.82) is 0 Å². The number of aryl methyl sites for hydroxylation is 1. The molecule has 0 radical (unpaired) electrons. The molecule has 29 heavy (non-hydrogen) atoms. The quantitative estimate of drug-likeness (QED) is 0.390. The number of hydrogen-bond donors (Lipinski definition) is 1. The summed E-state index contributed by atoms with van der Waals surface area (Å²) in [5.74, 6) is -0.326. The first-order chi connectivity index (χ1) is 14.1. The van der Waals surface area contributed by atoms with Crippen LogP contribution in [0, 0.1) is 6.92 Å². The number of nitrogens with zero attached hydrogens (tertiary/aromatic N) is 3. The molecule has 1 N–H and O–H groups in total. The van der Waals surface area contributed by atoms with Gasteiger partial charge in [0.1, 0.15) is 10.7 Å². The molecule has 0 aliphatic heterocycles. The number of thiazole rings is 1. The van der Waals surface area contributed by atoms with Crippen LogP contribution in [0.2, 0.25) is 5.15 Å². The minimum Gasteiger partial charge on any atom is -0.298 e. The van der Waals surface area contributed by atoms with Crippen molar-refractivity contribution in [3.8, 4) is 16.9 Å². The zero-order valence-corrected chi connectivity index (χ0v) is 18.1. The van der Waals surface area contributed by atoms with Crippen molar-refractivity contribution in [2.24, 2.45) is 0 Å². The number of nitrogens with one attached hydrogen (secondary N) is 1. The van der Waals surface area contributed by atoms with Crippen LogP contribution < -0.4 is 5.32 Å². The third-order valence-corrected chi connectivity index (χ3v) is 6.19. The Morgan fingerprint density at radius 2 is 1.86 bits per heavy atom. The van der Waals surface area contributed by atoms with Crippen molar-refractivity contribution < 1.29 is 4.79 Å². The molecule has 0 fully saturated rings. The lowest BCUT2D eigenvalue weighted by atomic mass is 10.2. The first kappa shape index (κ1) is 19.7. The molecule has 4 aromatic rings. The van der Waals surface area contributed by atoms with Gasteiger partial charge < -0.3 is 0 Å². The highest BCUT2D eigenvalue weighted by Gasteiger charge is 2.22. The van der Waals surface area contributed by atoms with E-state index < -0.39 is 0 Å². The number of rotatable bonds is 5.